The summed E-state index contributed by atoms with van der Waals surface area (Å²) in [6.07, 6.45) is 3.97. The zero-order valence-electron chi connectivity index (χ0n) is 13.6. The van der Waals surface area contributed by atoms with Crippen molar-refractivity contribution in [2.24, 2.45) is 11.5 Å². The van der Waals surface area contributed by atoms with Crippen LogP contribution in [0, 0.1) is 12.7 Å². The van der Waals surface area contributed by atoms with Crippen LogP contribution in [-0.2, 0) is 0 Å². The number of carbonyl (C=O) groups is 1. The van der Waals surface area contributed by atoms with E-state index < -0.39 is 11.7 Å². The third-order valence-electron chi connectivity index (χ3n) is 3.50. The van der Waals surface area contributed by atoms with Crippen molar-refractivity contribution in [3.63, 3.8) is 0 Å². The summed E-state index contributed by atoms with van der Waals surface area (Å²) in [6.45, 7) is 4.14. The van der Waals surface area contributed by atoms with E-state index in [1.807, 2.05) is 19.9 Å². The van der Waals surface area contributed by atoms with Crippen LogP contribution >= 0.6 is 0 Å². The van der Waals surface area contributed by atoms with E-state index in [9.17, 15) is 9.18 Å². The number of aryl methyl sites for hydroxylation is 1. The Bertz CT molecular complexity index is 733. The molecule has 0 aliphatic rings. The fourth-order valence-corrected chi connectivity index (χ4v) is 2.15. The lowest BCUT2D eigenvalue weighted by Gasteiger charge is -2.18. The highest BCUT2D eigenvalue weighted by molar-refractivity contribution is 5.98. The molecule has 1 atom stereocenters. The number of aromatic nitrogens is 2. The number of carbonyl (C=O) groups excluding carboxylic acids is 1. The van der Waals surface area contributed by atoms with Crippen LogP contribution in [-0.4, -0.2) is 28.5 Å². The van der Waals surface area contributed by atoms with E-state index in [0.717, 1.165) is 11.6 Å². The van der Waals surface area contributed by atoms with E-state index in [0.29, 0.717) is 18.7 Å². The summed E-state index contributed by atoms with van der Waals surface area (Å²) in [5, 5.41) is 5.89. The number of anilines is 3. The third kappa shape index (κ3) is 4.17. The molecule has 24 heavy (non-hydrogen) atoms. The summed E-state index contributed by atoms with van der Waals surface area (Å²) in [6, 6.07) is 2.76. The highest BCUT2D eigenvalue weighted by atomic mass is 19.1. The Morgan fingerprint density at radius 2 is 2.08 bits per heavy atom. The maximum Gasteiger partial charge on any atom is 0.252 e. The number of amides is 1. The van der Waals surface area contributed by atoms with Gasteiger partial charge in [-0.1, -0.05) is 6.92 Å². The van der Waals surface area contributed by atoms with Crippen LogP contribution < -0.4 is 22.1 Å². The Labute approximate surface area is 139 Å². The Kier molecular flexibility index (Phi) is 5.64. The molecule has 0 aliphatic heterocycles. The number of primary amides is 1. The fraction of sp³-hybridized carbons (Fsp3) is 0.312. The van der Waals surface area contributed by atoms with Gasteiger partial charge < -0.3 is 22.1 Å². The number of nitrogens with one attached hydrogen (secondary N) is 2. The van der Waals surface area contributed by atoms with Crippen LogP contribution in [0.3, 0.4) is 0 Å². The van der Waals surface area contributed by atoms with Crippen molar-refractivity contribution >= 4 is 23.2 Å². The maximum absolute atomic E-state index is 14.2. The largest absolute Gasteiger partial charge is 0.365 e. The van der Waals surface area contributed by atoms with Crippen molar-refractivity contribution in [2.45, 2.75) is 26.3 Å². The first-order valence-electron chi connectivity index (χ1n) is 7.60. The number of pyridine rings is 2. The number of nitrogens with zero attached hydrogens (tertiary/aromatic N) is 2. The summed E-state index contributed by atoms with van der Waals surface area (Å²) in [7, 11) is 0. The van der Waals surface area contributed by atoms with Crippen LogP contribution in [0.5, 0.6) is 0 Å². The molecule has 2 rings (SSSR count). The van der Waals surface area contributed by atoms with Crippen LogP contribution in [0.25, 0.3) is 0 Å². The SMILES string of the molecule is CC[C@H](CN)Nc1nc(Nc2cncc(C)c2)c(C(N)=O)cc1F. The molecule has 0 fully saturated rings. The molecule has 0 radical (unpaired) electrons. The standard InChI is InChI=1S/C16H21FN6O/c1-3-10(6-18)21-16-13(17)5-12(14(19)24)15(23-16)22-11-4-9(2)7-20-8-11/h4-5,7-8,10H,3,6,18H2,1-2H3,(H2,19,24)(H2,21,22,23)/t10-/m1/s1. The first kappa shape index (κ1) is 17.6. The van der Waals surface area contributed by atoms with Gasteiger partial charge in [0.05, 0.1) is 17.4 Å². The lowest BCUT2D eigenvalue weighted by molar-refractivity contribution is 0.100. The van der Waals surface area contributed by atoms with Crippen LogP contribution in [0.2, 0.25) is 0 Å². The molecule has 1 amide bonds. The van der Waals surface area contributed by atoms with Crippen molar-refractivity contribution in [3.8, 4) is 0 Å². The summed E-state index contributed by atoms with van der Waals surface area (Å²) in [4.78, 5) is 19.8. The molecule has 2 aromatic rings. The number of nitrogens with two attached hydrogens (primary N) is 2. The molecule has 0 spiro atoms. The molecule has 0 unspecified atom stereocenters. The second kappa shape index (κ2) is 7.69. The van der Waals surface area contributed by atoms with E-state index in [2.05, 4.69) is 20.6 Å². The molecule has 2 aromatic heterocycles. The molecular weight excluding hydrogens is 311 g/mol. The Hall–Kier alpha value is -2.74. The van der Waals surface area contributed by atoms with Crippen molar-refractivity contribution in [1.82, 2.24) is 9.97 Å². The average molecular weight is 332 g/mol. The Morgan fingerprint density at radius 3 is 2.67 bits per heavy atom. The zero-order valence-corrected chi connectivity index (χ0v) is 13.6. The van der Waals surface area contributed by atoms with Gasteiger partial charge in [0.25, 0.3) is 5.91 Å². The zero-order chi connectivity index (χ0) is 17.7. The van der Waals surface area contributed by atoms with Crippen LogP contribution in [0.15, 0.2) is 24.5 Å². The minimum absolute atomic E-state index is 0.0143. The van der Waals surface area contributed by atoms with E-state index in [4.69, 9.17) is 11.5 Å². The summed E-state index contributed by atoms with van der Waals surface area (Å²) >= 11 is 0. The highest BCUT2D eigenvalue weighted by Crippen LogP contribution is 2.24. The summed E-state index contributed by atoms with van der Waals surface area (Å²) in [5.74, 6) is -1.27. The first-order chi connectivity index (χ1) is 11.4. The fourth-order valence-electron chi connectivity index (χ4n) is 2.15. The molecule has 0 aliphatic carbocycles. The molecule has 0 bridgehead atoms. The smallest absolute Gasteiger partial charge is 0.252 e. The topological polar surface area (TPSA) is 119 Å². The van der Waals surface area contributed by atoms with Gasteiger partial charge in [-0.15, -0.1) is 0 Å². The van der Waals surface area contributed by atoms with Crippen molar-refractivity contribution in [2.75, 3.05) is 17.2 Å². The van der Waals surface area contributed by atoms with Crippen LogP contribution in [0.4, 0.5) is 21.7 Å². The normalized spacial score (nSPS) is 11.8. The monoisotopic (exact) mass is 332 g/mol. The minimum atomic E-state index is -0.776. The summed E-state index contributed by atoms with van der Waals surface area (Å²) < 4.78 is 14.2. The second-order valence-electron chi connectivity index (χ2n) is 5.44. The van der Waals surface area contributed by atoms with Crippen molar-refractivity contribution < 1.29 is 9.18 Å². The molecule has 6 N–H and O–H groups in total. The van der Waals surface area contributed by atoms with Gasteiger partial charge in [-0.3, -0.25) is 9.78 Å². The lowest BCUT2D eigenvalue weighted by Crippen LogP contribution is -2.29. The predicted molar refractivity (Wildman–Crippen MR) is 91.7 cm³/mol. The molecule has 2 heterocycles. The van der Waals surface area contributed by atoms with E-state index in [1.165, 1.54) is 0 Å². The molecule has 0 aromatic carbocycles. The third-order valence-corrected chi connectivity index (χ3v) is 3.50. The molecule has 0 saturated heterocycles. The van der Waals surface area contributed by atoms with Gasteiger partial charge in [-0.05, 0) is 31.0 Å². The second-order valence-corrected chi connectivity index (χ2v) is 5.44. The highest BCUT2D eigenvalue weighted by Gasteiger charge is 2.17. The molecule has 8 heteroatoms. The Morgan fingerprint density at radius 1 is 1.33 bits per heavy atom. The van der Waals surface area contributed by atoms with Gasteiger partial charge in [-0.25, -0.2) is 9.37 Å². The molecule has 7 nitrogen and oxygen atoms in total. The predicted octanol–water partition coefficient (Wildman–Crippen LogP) is 1.92. The van der Waals surface area contributed by atoms with Crippen molar-refractivity contribution in [1.29, 1.82) is 0 Å². The Balaban J connectivity index is 2.41. The first-order valence-corrected chi connectivity index (χ1v) is 7.60. The van der Waals surface area contributed by atoms with Crippen LogP contribution in [0.1, 0.15) is 29.3 Å². The van der Waals surface area contributed by atoms with Gasteiger partial charge in [0, 0.05) is 18.8 Å². The van der Waals surface area contributed by atoms with E-state index in [1.54, 1.807) is 12.4 Å². The number of rotatable bonds is 7. The summed E-state index contributed by atoms with van der Waals surface area (Å²) in [5.41, 5.74) is 12.5. The van der Waals surface area contributed by atoms with Gasteiger partial charge in [-0.2, -0.15) is 0 Å². The maximum atomic E-state index is 14.2. The lowest BCUT2D eigenvalue weighted by atomic mass is 10.2. The van der Waals surface area contributed by atoms with Gasteiger partial charge >= 0.3 is 0 Å². The quantitative estimate of drug-likeness (QED) is 0.615. The molecule has 128 valence electrons. The number of hydrogen-bond acceptors (Lipinski definition) is 6. The molecular formula is C16H21FN6O. The number of hydrogen-bond donors (Lipinski definition) is 4. The van der Waals surface area contributed by atoms with Gasteiger partial charge in [0.1, 0.15) is 5.82 Å². The van der Waals surface area contributed by atoms with Crippen molar-refractivity contribution in [3.05, 3.63) is 41.5 Å². The van der Waals surface area contributed by atoms with Gasteiger partial charge in [0.2, 0.25) is 0 Å². The van der Waals surface area contributed by atoms with E-state index >= 15 is 0 Å². The molecule has 0 saturated carbocycles. The minimum Gasteiger partial charge on any atom is -0.365 e. The van der Waals surface area contributed by atoms with E-state index in [-0.39, 0.29) is 23.2 Å². The number of halogens is 1. The van der Waals surface area contributed by atoms with Gasteiger partial charge in [0.15, 0.2) is 11.6 Å². The average Bonchev–Trinajstić information content (AvgIpc) is 2.54.